The molecule has 3 rings (SSSR count). The predicted molar refractivity (Wildman–Crippen MR) is 64.0 cm³/mol. The van der Waals surface area contributed by atoms with Gasteiger partial charge in [-0.1, -0.05) is 11.3 Å². The summed E-state index contributed by atoms with van der Waals surface area (Å²) in [5, 5.41) is 19.8. The fraction of sp³-hybridized carbons (Fsp3) is 0. The van der Waals surface area contributed by atoms with Gasteiger partial charge < -0.3 is 5.11 Å². The topological polar surface area (TPSA) is 91.8 Å². The van der Waals surface area contributed by atoms with Gasteiger partial charge in [0.25, 0.3) is 0 Å². The zero-order valence-electron chi connectivity index (χ0n) is 9.46. The highest BCUT2D eigenvalue weighted by Crippen LogP contribution is 2.22. The van der Waals surface area contributed by atoms with Crippen LogP contribution in [0.15, 0.2) is 30.5 Å². The minimum atomic E-state index is -1.17. The summed E-state index contributed by atoms with van der Waals surface area (Å²) in [6.45, 7) is 0. The average Bonchev–Trinajstić information content (AvgIpc) is 2.87. The Bertz CT molecular complexity index is 784. The maximum absolute atomic E-state index is 13.0. The van der Waals surface area contributed by atoms with Crippen LogP contribution in [0.3, 0.4) is 0 Å². The number of aromatic nitrogens is 4. The summed E-state index contributed by atoms with van der Waals surface area (Å²) >= 11 is 0. The van der Waals surface area contributed by atoms with Crippen molar-refractivity contribution in [2.24, 2.45) is 0 Å². The highest BCUT2D eigenvalue weighted by atomic mass is 19.1. The molecule has 0 amide bonds. The fourth-order valence-corrected chi connectivity index (χ4v) is 1.80. The molecule has 0 aliphatic rings. The number of hydrogen-bond acceptors (Lipinski definition) is 4. The molecule has 0 bridgehead atoms. The van der Waals surface area contributed by atoms with E-state index in [0.29, 0.717) is 11.1 Å². The number of benzene rings is 1. The lowest BCUT2D eigenvalue weighted by atomic mass is 10.1. The molecule has 0 saturated heterocycles. The predicted octanol–water partition coefficient (Wildman–Crippen LogP) is 1.86. The lowest BCUT2D eigenvalue weighted by Crippen LogP contribution is -2.00. The number of nitrogens with zero attached hydrogens (tertiary/aromatic N) is 3. The molecule has 19 heavy (non-hydrogen) atoms. The van der Waals surface area contributed by atoms with Gasteiger partial charge in [-0.15, -0.1) is 5.10 Å². The molecular weight excluding hydrogens is 251 g/mol. The molecule has 2 aromatic heterocycles. The Hall–Kier alpha value is -2.83. The highest BCUT2D eigenvalue weighted by molar-refractivity contribution is 5.93. The SMILES string of the molecule is O=C(O)c1[nH]nnc1-c1cc2ccc(F)cc2cn1. The van der Waals surface area contributed by atoms with Crippen molar-refractivity contribution < 1.29 is 14.3 Å². The molecule has 0 aliphatic carbocycles. The van der Waals surface area contributed by atoms with Crippen molar-refractivity contribution in [2.75, 3.05) is 0 Å². The Morgan fingerprint density at radius 3 is 2.89 bits per heavy atom. The number of halogens is 1. The van der Waals surface area contributed by atoms with E-state index in [1.807, 2.05) is 0 Å². The molecule has 0 atom stereocenters. The standard InChI is InChI=1S/C12H7FN4O2/c13-8-2-1-6-4-9(14-5-7(6)3-8)10-11(12(18)19)16-17-15-10/h1-5H,(H,18,19)(H,15,16,17). The summed E-state index contributed by atoms with van der Waals surface area (Å²) in [4.78, 5) is 15.1. The number of carboxylic acid groups (broad SMARTS) is 1. The molecule has 7 heteroatoms. The van der Waals surface area contributed by atoms with Crippen molar-refractivity contribution in [3.63, 3.8) is 0 Å². The normalized spacial score (nSPS) is 10.8. The van der Waals surface area contributed by atoms with E-state index in [-0.39, 0.29) is 17.2 Å². The molecule has 0 unspecified atom stereocenters. The molecule has 2 N–H and O–H groups in total. The summed E-state index contributed by atoms with van der Waals surface area (Å²) in [6, 6.07) is 5.91. The maximum atomic E-state index is 13.0. The Morgan fingerprint density at radius 1 is 1.26 bits per heavy atom. The van der Waals surface area contributed by atoms with E-state index in [1.54, 1.807) is 12.1 Å². The van der Waals surface area contributed by atoms with Gasteiger partial charge in [0.05, 0.1) is 5.69 Å². The maximum Gasteiger partial charge on any atom is 0.356 e. The molecule has 0 fully saturated rings. The molecule has 94 valence electrons. The third-order valence-corrected chi connectivity index (χ3v) is 2.69. The Labute approximate surface area is 105 Å². The lowest BCUT2D eigenvalue weighted by molar-refractivity contribution is 0.0691. The minimum Gasteiger partial charge on any atom is -0.476 e. The van der Waals surface area contributed by atoms with Crippen LogP contribution in [0.5, 0.6) is 0 Å². The molecule has 0 aliphatic heterocycles. The van der Waals surface area contributed by atoms with Crippen molar-refractivity contribution >= 4 is 16.7 Å². The van der Waals surface area contributed by atoms with Crippen molar-refractivity contribution in [3.8, 4) is 11.4 Å². The van der Waals surface area contributed by atoms with Gasteiger partial charge in [0.15, 0.2) is 5.69 Å². The van der Waals surface area contributed by atoms with Gasteiger partial charge in [-0.05, 0) is 23.6 Å². The number of aromatic amines is 1. The molecule has 3 aromatic rings. The molecule has 1 aromatic carbocycles. The van der Waals surface area contributed by atoms with E-state index in [2.05, 4.69) is 20.4 Å². The molecule has 6 nitrogen and oxygen atoms in total. The van der Waals surface area contributed by atoms with Gasteiger partial charge in [-0.2, -0.15) is 0 Å². The number of pyridine rings is 1. The van der Waals surface area contributed by atoms with E-state index in [4.69, 9.17) is 5.11 Å². The van der Waals surface area contributed by atoms with Gasteiger partial charge in [0, 0.05) is 11.6 Å². The van der Waals surface area contributed by atoms with Gasteiger partial charge in [0.1, 0.15) is 11.5 Å². The Balaban J connectivity index is 2.18. The Kier molecular flexibility index (Phi) is 2.45. The molecule has 0 spiro atoms. The van der Waals surface area contributed by atoms with Crippen molar-refractivity contribution in [2.45, 2.75) is 0 Å². The number of carboxylic acids is 1. The van der Waals surface area contributed by atoms with Gasteiger partial charge >= 0.3 is 5.97 Å². The van der Waals surface area contributed by atoms with Crippen molar-refractivity contribution in [3.05, 3.63) is 42.0 Å². The molecule has 2 heterocycles. The van der Waals surface area contributed by atoms with Crippen LogP contribution < -0.4 is 0 Å². The first-order chi connectivity index (χ1) is 9.15. The average molecular weight is 258 g/mol. The summed E-state index contributed by atoms with van der Waals surface area (Å²) in [5.41, 5.74) is 0.387. The zero-order chi connectivity index (χ0) is 13.4. The van der Waals surface area contributed by atoms with Gasteiger partial charge in [-0.25, -0.2) is 9.18 Å². The van der Waals surface area contributed by atoms with Crippen molar-refractivity contribution in [1.29, 1.82) is 0 Å². The third kappa shape index (κ3) is 1.90. The molecule has 0 radical (unpaired) electrons. The van der Waals surface area contributed by atoms with E-state index in [0.717, 1.165) is 5.39 Å². The summed E-state index contributed by atoms with van der Waals surface area (Å²) in [7, 11) is 0. The van der Waals surface area contributed by atoms with E-state index in [1.165, 1.54) is 18.3 Å². The first-order valence-electron chi connectivity index (χ1n) is 5.35. The fourth-order valence-electron chi connectivity index (χ4n) is 1.80. The number of rotatable bonds is 2. The van der Waals surface area contributed by atoms with Crippen LogP contribution >= 0.6 is 0 Å². The number of nitrogens with one attached hydrogen (secondary N) is 1. The minimum absolute atomic E-state index is 0.131. The van der Waals surface area contributed by atoms with Crippen LogP contribution in [0.2, 0.25) is 0 Å². The van der Waals surface area contributed by atoms with Crippen LogP contribution in [-0.4, -0.2) is 31.5 Å². The van der Waals surface area contributed by atoms with Crippen LogP contribution in [0.4, 0.5) is 4.39 Å². The van der Waals surface area contributed by atoms with Crippen molar-refractivity contribution in [1.82, 2.24) is 20.4 Å². The summed E-state index contributed by atoms with van der Waals surface area (Å²) < 4.78 is 13.0. The number of carbonyl (C=O) groups is 1. The quantitative estimate of drug-likeness (QED) is 0.731. The second kappa shape index (κ2) is 4.13. The smallest absolute Gasteiger partial charge is 0.356 e. The second-order valence-electron chi connectivity index (χ2n) is 3.90. The third-order valence-electron chi connectivity index (χ3n) is 2.69. The largest absolute Gasteiger partial charge is 0.476 e. The monoisotopic (exact) mass is 258 g/mol. The number of hydrogen-bond donors (Lipinski definition) is 2. The summed E-state index contributed by atoms with van der Waals surface area (Å²) in [5.74, 6) is -1.52. The van der Waals surface area contributed by atoms with Crippen LogP contribution in [0, 0.1) is 5.82 Å². The first-order valence-corrected chi connectivity index (χ1v) is 5.35. The highest BCUT2D eigenvalue weighted by Gasteiger charge is 2.17. The van der Waals surface area contributed by atoms with Crippen LogP contribution in [0.25, 0.3) is 22.2 Å². The molecule has 0 saturated carbocycles. The van der Waals surface area contributed by atoms with E-state index < -0.39 is 5.97 Å². The second-order valence-corrected chi connectivity index (χ2v) is 3.90. The number of H-pyrrole nitrogens is 1. The molecular formula is C12H7FN4O2. The lowest BCUT2D eigenvalue weighted by Gasteiger charge is -2.01. The van der Waals surface area contributed by atoms with Crippen LogP contribution in [0.1, 0.15) is 10.5 Å². The number of fused-ring (bicyclic) bond motifs is 1. The first kappa shape index (κ1) is 11.3. The van der Waals surface area contributed by atoms with Gasteiger partial charge in [0.2, 0.25) is 0 Å². The van der Waals surface area contributed by atoms with Crippen LogP contribution in [-0.2, 0) is 0 Å². The number of aromatic carboxylic acids is 1. The van der Waals surface area contributed by atoms with Gasteiger partial charge in [-0.3, -0.25) is 10.1 Å². The zero-order valence-corrected chi connectivity index (χ0v) is 9.46. The Morgan fingerprint density at radius 2 is 2.11 bits per heavy atom. The van der Waals surface area contributed by atoms with E-state index in [9.17, 15) is 9.18 Å². The summed E-state index contributed by atoms with van der Waals surface area (Å²) in [6.07, 6.45) is 1.47. The van der Waals surface area contributed by atoms with E-state index >= 15 is 0 Å².